The van der Waals surface area contributed by atoms with Gasteiger partial charge >= 0.3 is 0 Å². The minimum absolute atomic E-state index is 0.106. The van der Waals surface area contributed by atoms with Crippen molar-refractivity contribution in [2.45, 2.75) is 47.2 Å². The first kappa shape index (κ1) is 16.0. The summed E-state index contributed by atoms with van der Waals surface area (Å²) in [5.41, 5.74) is 3.02. The van der Waals surface area contributed by atoms with E-state index < -0.39 is 0 Å². The zero-order valence-corrected chi connectivity index (χ0v) is 14.6. The van der Waals surface area contributed by atoms with Crippen LogP contribution in [0.15, 0.2) is 22.9 Å². The van der Waals surface area contributed by atoms with Crippen molar-refractivity contribution in [3.63, 3.8) is 0 Å². The van der Waals surface area contributed by atoms with E-state index in [1.54, 1.807) is 10.9 Å². The van der Waals surface area contributed by atoms with Gasteiger partial charge in [-0.3, -0.25) is 9.48 Å². The molecule has 21 heavy (non-hydrogen) atoms. The number of rotatable bonds is 6. The van der Waals surface area contributed by atoms with Crippen molar-refractivity contribution < 1.29 is 4.79 Å². The molecular weight excluding hydrogens is 330 g/mol. The molecule has 4 nitrogen and oxygen atoms in total. The highest BCUT2D eigenvalue weighted by molar-refractivity contribution is 9.10. The Labute approximate surface area is 134 Å². The first-order chi connectivity index (χ1) is 9.88. The summed E-state index contributed by atoms with van der Waals surface area (Å²) in [5, 5.41) is 4.14. The highest BCUT2D eigenvalue weighted by atomic mass is 79.9. The van der Waals surface area contributed by atoms with Gasteiger partial charge in [-0.15, -0.1) is 0 Å². The van der Waals surface area contributed by atoms with Gasteiger partial charge < -0.3 is 4.57 Å². The lowest BCUT2D eigenvalue weighted by Crippen LogP contribution is -2.12. The summed E-state index contributed by atoms with van der Waals surface area (Å²) in [6.07, 6.45) is 4.63. The van der Waals surface area contributed by atoms with Crippen LogP contribution in [-0.4, -0.2) is 20.1 Å². The third kappa shape index (κ3) is 3.84. The number of hydrogen-bond donors (Lipinski definition) is 0. The van der Waals surface area contributed by atoms with Crippen molar-refractivity contribution in [1.29, 1.82) is 0 Å². The van der Waals surface area contributed by atoms with Crippen LogP contribution in [0.3, 0.4) is 0 Å². The summed E-state index contributed by atoms with van der Waals surface area (Å²) in [5.74, 6) is 0.765. The van der Waals surface area contributed by atoms with Crippen molar-refractivity contribution in [3.8, 4) is 0 Å². The highest BCUT2D eigenvalue weighted by Gasteiger charge is 2.16. The Bertz CT molecular complexity index is 640. The van der Waals surface area contributed by atoms with Crippen LogP contribution >= 0.6 is 15.9 Å². The number of aromatic nitrogens is 3. The number of Topliss-reactive ketones (excluding diaryl/α,β-unsaturated/α-hetero) is 1. The van der Waals surface area contributed by atoms with Gasteiger partial charge in [-0.2, -0.15) is 5.10 Å². The molecule has 114 valence electrons. The van der Waals surface area contributed by atoms with Crippen molar-refractivity contribution in [2.24, 2.45) is 5.92 Å². The monoisotopic (exact) mass is 351 g/mol. The van der Waals surface area contributed by atoms with E-state index in [1.165, 1.54) is 0 Å². The predicted octanol–water partition coefficient (Wildman–Crippen LogP) is 3.99. The number of carbonyl (C=O) groups is 1. The number of nitrogens with zero attached hydrogens (tertiary/aromatic N) is 3. The third-order valence-corrected chi connectivity index (χ3v) is 4.12. The lowest BCUT2D eigenvalue weighted by Gasteiger charge is -2.11. The number of ketones is 1. The van der Waals surface area contributed by atoms with Gasteiger partial charge in [0, 0.05) is 29.7 Å². The summed E-state index contributed by atoms with van der Waals surface area (Å²) < 4.78 is 4.79. The maximum Gasteiger partial charge on any atom is 0.186 e. The van der Waals surface area contributed by atoms with E-state index in [2.05, 4.69) is 46.4 Å². The summed E-state index contributed by atoms with van der Waals surface area (Å²) >= 11 is 3.34. The molecule has 2 aromatic heterocycles. The molecule has 0 fully saturated rings. The van der Waals surface area contributed by atoms with Crippen molar-refractivity contribution >= 4 is 21.7 Å². The molecule has 0 atom stereocenters. The van der Waals surface area contributed by atoms with E-state index >= 15 is 0 Å². The van der Waals surface area contributed by atoms with Gasteiger partial charge in [-0.1, -0.05) is 13.8 Å². The number of carbonyl (C=O) groups excluding carboxylic acids is 1. The van der Waals surface area contributed by atoms with Crippen LogP contribution in [-0.2, 0) is 13.1 Å². The second-order valence-corrected chi connectivity index (χ2v) is 6.81. The Kier molecular flexibility index (Phi) is 5.04. The molecule has 0 aliphatic heterocycles. The van der Waals surface area contributed by atoms with E-state index in [4.69, 9.17) is 0 Å². The van der Waals surface area contributed by atoms with Crippen molar-refractivity contribution in [3.05, 3.63) is 39.9 Å². The summed E-state index contributed by atoms with van der Waals surface area (Å²) in [4.78, 5) is 12.5. The smallest absolute Gasteiger partial charge is 0.186 e. The molecule has 0 amide bonds. The van der Waals surface area contributed by atoms with Gasteiger partial charge in [0.05, 0.1) is 10.7 Å². The Morgan fingerprint density at radius 3 is 2.67 bits per heavy atom. The van der Waals surface area contributed by atoms with Crippen molar-refractivity contribution in [1.82, 2.24) is 14.3 Å². The maximum absolute atomic E-state index is 12.5. The number of hydrogen-bond acceptors (Lipinski definition) is 2. The molecule has 0 aliphatic carbocycles. The van der Waals surface area contributed by atoms with Crippen LogP contribution < -0.4 is 0 Å². The molecule has 0 aliphatic rings. The lowest BCUT2D eigenvalue weighted by molar-refractivity contribution is 0.0967. The molecule has 0 saturated heterocycles. The minimum Gasteiger partial charge on any atom is -0.348 e. The topological polar surface area (TPSA) is 39.8 Å². The fourth-order valence-corrected chi connectivity index (χ4v) is 2.80. The molecule has 2 rings (SSSR count). The first-order valence-electron chi connectivity index (χ1n) is 7.26. The second kappa shape index (κ2) is 6.60. The molecule has 2 aromatic rings. The molecular formula is C16H22BrN3O. The Hall–Kier alpha value is -1.36. The van der Waals surface area contributed by atoms with Crippen LogP contribution in [0.1, 0.15) is 42.0 Å². The minimum atomic E-state index is 0.106. The summed E-state index contributed by atoms with van der Waals surface area (Å²) in [6, 6.07) is 2.00. The molecule has 0 radical (unpaired) electrons. The van der Waals surface area contributed by atoms with Gasteiger partial charge in [0.1, 0.15) is 6.54 Å². The van der Waals surface area contributed by atoms with E-state index in [0.717, 1.165) is 34.4 Å². The standard InChI is InChI=1S/C16H22BrN3O/c1-11(2)5-6-20-12(3)7-15(13(20)4)16(21)10-19-9-14(17)8-18-19/h7-9,11H,5-6,10H2,1-4H3. The average Bonchev–Trinajstić information content (AvgIpc) is 2.92. The van der Waals surface area contributed by atoms with Gasteiger partial charge in [0.15, 0.2) is 5.78 Å². The van der Waals surface area contributed by atoms with Gasteiger partial charge in [0.25, 0.3) is 0 Å². The SMILES string of the molecule is Cc1cc(C(=O)Cn2cc(Br)cn2)c(C)n1CCC(C)C. The molecule has 0 N–H and O–H groups in total. The van der Waals surface area contributed by atoms with Crippen LogP contribution in [0.2, 0.25) is 0 Å². The molecule has 0 saturated carbocycles. The van der Waals surface area contributed by atoms with Crippen LogP contribution in [0.4, 0.5) is 0 Å². The van der Waals surface area contributed by atoms with Crippen LogP contribution in [0, 0.1) is 19.8 Å². The molecule has 5 heteroatoms. The average molecular weight is 352 g/mol. The van der Waals surface area contributed by atoms with Crippen LogP contribution in [0.5, 0.6) is 0 Å². The molecule has 0 bridgehead atoms. The fraction of sp³-hybridized carbons (Fsp3) is 0.500. The zero-order valence-electron chi connectivity index (χ0n) is 13.1. The lowest BCUT2D eigenvalue weighted by atomic mass is 10.1. The quantitative estimate of drug-likeness (QED) is 0.738. The zero-order chi connectivity index (χ0) is 15.6. The van der Waals surface area contributed by atoms with E-state index in [1.807, 2.05) is 19.2 Å². The van der Waals surface area contributed by atoms with Gasteiger partial charge in [-0.05, 0) is 48.2 Å². The van der Waals surface area contributed by atoms with E-state index in [9.17, 15) is 4.79 Å². The summed E-state index contributed by atoms with van der Waals surface area (Å²) in [7, 11) is 0. The largest absolute Gasteiger partial charge is 0.348 e. The molecule has 0 unspecified atom stereocenters. The van der Waals surface area contributed by atoms with E-state index in [0.29, 0.717) is 5.92 Å². The van der Waals surface area contributed by atoms with Crippen molar-refractivity contribution in [2.75, 3.05) is 0 Å². The molecule has 2 heterocycles. The Morgan fingerprint density at radius 1 is 1.38 bits per heavy atom. The third-order valence-electron chi connectivity index (χ3n) is 3.71. The molecule has 0 aromatic carbocycles. The normalized spacial score (nSPS) is 11.3. The maximum atomic E-state index is 12.5. The predicted molar refractivity (Wildman–Crippen MR) is 87.6 cm³/mol. The van der Waals surface area contributed by atoms with Gasteiger partial charge in [-0.25, -0.2) is 0 Å². The molecule has 0 spiro atoms. The Morgan fingerprint density at radius 2 is 2.10 bits per heavy atom. The van der Waals surface area contributed by atoms with E-state index in [-0.39, 0.29) is 12.3 Å². The Balaban J connectivity index is 2.16. The first-order valence-corrected chi connectivity index (χ1v) is 8.05. The number of aryl methyl sites for hydroxylation is 1. The summed E-state index contributed by atoms with van der Waals surface area (Å²) in [6.45, 7) is 9.77. The van der Waals surface area contributed by atoms with Crippen LogP contribution in [0.25, 0.3) is 0 Å². The van der Waals surface area contributed by atoms with Gasteiger partial charge in [0.2, 0.25) is 0 Å². The number of halogens is 1. The fourth-order valence-electron chi connectivity index (χ4n) is 2.47. The second-order valence-electron chi connectivity index (χ2n) is 5.90. The highest BCUT2D eigenvalue weighted by Crippen LogP contribution is 2.18.